The van der Waals surface area contributed by atoms with Gasteiger partial charge in [0.2, 0.25) is 0 Å². The minimum absolute atomic E-state index is 0.0498. The van der Waals surface area contributed by atoms with E-state index in [2.05, 4.69) is 4.90 Å². The first-order chi connectivity index (χ1) is 5.10. The van der Waals surface area contributed by atoms with Gasteiger partial charge in [-0.25, -0.2) is 8.42 Å². The van der Waals surface area contributed by atoms with E-state index in [1.165, 1.54) is 0 Å². The van der Waals surface area contributed by atoms with E-state index >= 15 is 0 Å². The van der Waals surface area contributed by atoms with Crippen molar-refractivity contribution in [2.24, 2.45) is 0 Å². The smallest absolute Gasteiger partial charge is 0.158 e. The number of hydrogen-bond acceptors (Lipinski definition) is 3. The standard InChI is InChI=1S/C7H13NO2S/c1-8-4-6-2-3-7(5-8)11(6,9)10/h6-7H,2-5H2,1H3. The Morgan fingerprint density at radius 1 is 1.18 bits per heavy atom. The molecule has 2 fully saturated rings. The van der Waals surface area contributed by atoms with Crippen LogP contribution in [0, 0.1) is 0 Å². The van der Waals surface area contributed by atoms with Crippen LogP contribution in [0.1, 0.15) is 12.8 Å². The molecule has 0 spiro atoms. The molecule has 11 heavy (non-hydrogen) atoms. The van der Waals surface area contributed by atoms with E-state index in [1.54, 1.807) is 0 Å². The Labute approximate surface area is 67.3 Å². The summed E-state index contributed by atoms with van der Waals surface area (Å²) in [5, 5.41) is -0.0995. The molecule has 2 aliphatic rings. The Kier molecular flexibility index (Phi) is 1.51. The molecular weight excluding hydrogens is 162 g/mol. The van der Waals surface area contributed by atoms with E-state index < -0.39 is 9.84 Å². The Balaban J connectivity index is 2.33. The van der Waals surface area contributed by atoms with Gasteiger partial charge in [0, 0.05) is 13.1 Å². The van der Waals surface area contributed by atoms with Crippen LogP contribution >= 0.6 is 0 Å². The summed E-state index contributed by atoms with van der Waals surface area (Å²) in [6.45, 7) is 1.50. The van der Waals surface area contributed by atoms with Gasteiger partial charge < -0.3 is 4.90 Å². The predicted molar refractivity (Wildman–Crippen MR) is 43.2 cm³/mol. The quantitative estimate of drug-likeness (QED) is 0.515. The lowest BCUT2D eigenvalue weighted by Crippen LogP contribution is -2.45. The van der Waals surface area contributed by atoms with Crippen molar-refractivity contribution in [1.82, 2.24) is 4.90 Å². The summed E-state index contributed by atoms with van der Waals surface area (Å²) in [5.41, 5.74) is 0. The zero-order chi connectivity index (χ0) is 8.06. The van der Waals surface area contributed by atoms with Gasteiger partial charge in [-0.1, -0.05) is 0 Å². The number of hydrogen-bond donors (Lipinski definition) is 0. The lowest BCUT2D eigenvalue weighted by atomic mass is 10.2. The van der Waals surface area contributed by atoms with E-state index in [9.17, 15) is 8.42 Å². The summed E-state index contributed by atoms with van der Waals surface area (Å²) in [6, 6.07) is 0. The van der Waals surface area contributed by atoms with Crippen molar-refractivity contribution in [2.45, 2.75) is 23.3 Å². The highest BCUT2D eigenvalue weighted by atomic mass is 32.2. The molecule has 4 heteroatoms. The van der Waals surface area contributed by atoms with Gasteiger partial charge in [-0.05, 0) is 19.9 Å². The molecule has 2 unspecified atom stereocenters. The molecule has 0 amide bonds. The van der Waals surface area contributed by atoms with E-state index in [4.69, 9.17) is 0 Å². The van der Waals surface area contributed by atoms with E-state index in [1.807, 2.05) is 7.05 Å². The predicted octanol–water partition coefficient (Wildman–Crippen LogP) is -0.122. The van der Waals surface area contributed by atoms with E-state index in [0.29, 0.717) is 0 Å². The van der Waals surface area contributed by atoms with Gasteiger partial charge in [-0.2, -0.15) is 0 Å². The molecule has 0 aromatic heterocycles. The van der Waals surface area contributed by atoms with Gasteiger partial charge in [0.25, 0.3) is 0 Å². The van der Waals surface area contributed by atoms with Crippen molar-refractivity contribution in [3.05, 3.63) is 0 Å². The molecule has 3 nitrogen and oxygen atoms in total. The van der Waals surface area contributed by atoms with Crippen molar-refractivity contribution >= 4 is 9.84 Å². The minimum atomic E-state index is -2.70. The largest absolute Gasteiger partial charge is 0.304 e. The van der Waals surface area contributed by atoms with Crippen LogP contribution in [0.5, 0.6) is 0 Å². The second-order valence-electron chi connectivity index (χ2n) is 3.63. The van der Waals surface area contributed by atoms with Crippen molar-refractivity contribution in [3.63, 3.8) is 0 Å². The molecule has 64 valence electrons. The molecule has 0 N–H and O–H groups in total. The van der Waals surface area contributed by atoms with Crippen LogP contribution in [0.2, 0.25) is 0 Å². The second kappa shape index (κ2) is 2.20. The van der Waals surface area contributed by atoms with Gasteiger partial charge in [-0.3, -0.25) is 0 Å². The highest BCUT2D eigenvalue weighted by molar-refractivity contribution is 7.93. The topological polar surface area (TPSA) is 37.4 Å². The van der Waals surface area contributed by atoms with E-state index in [-0.39, 0.29) is 10.5 Å². The molecule has 2 bridgehead atoms. The second-order valence-corrected chi connectivity index (χ2v) is 6.14. The Morgan fingerprint density at radius 3 is 2.09 bits per heavy atom. The maximum Gasteiger partial charge on any atom is 0.158 e. The number of likely N-dealkylation sites (tertiary alicyclic amines) is 1. The Hall–Kier alpha value is -0.0900. The average molecular weight is 175 g/mol. The lowest BCUT2D eigenvalue weighted by Gasteiger charge is -2.28. The third-order valence-corrected chi connectivity index (χ3v) is 5.40. The first kappa shape index (κ1) is 7.55. The molecule has 0 aliphatic carbocycles. The average Bonchev–Trinajstić information content (AvgIpc) is 2.19. The number of rotatable bonds is 0. The van der Waals surface area contributed by atoms with Crippen LogP contribution in [-0.2, 0) is 9.84 Å². The van der Waals surface area contributed by atoms with Crippen LogP contribution in [0.25, 0.3) is 0 Å². The first-order valence-electron chi connectivity index (χ1n) is 4.02. The van der Waals surface area contributed by atoms with Crippen LogP contribution in [-0.4, -0.2) is 44.0 Å². The van der Waals surface area contributed by atoms with Gasteiger partial charge in [-0.15, -0.1) is 0 Å². The molecule has 0 aromatic rings. The lowest BCUT2D eigenvalue weighted by molar-refractivity contribution is 0.331. The number of nitrogens with zero attached hydrogens (tertiary/aromatic N) is 1. The molecule has 2 rings (SSSR count). The van der Waals surface area contributed by atoms with Crippen molar-refractivity contribution < 1.29 is 8.42 Å². The van der Waals surface area contributed by atoms with Crippen molar-refractivity contribution in [2.75, 3.05) is 20.1 Å². The third-order valence-electron chi connectivity index (χ3n) is 2.77. The molecule has 0 saturated carbocycles. The molecule has 0 radical (unpaired) electrons. The maximum atomic E-state index is 11.5. The van der Waals surface area contributed by atoms with Crippen molar-refractivity contribution in [3.8, 4) is 0 Å². The summed E-state index contributed by atoms with van der Waals surface area (Å²) in [4.78, 5) is 2.13. The van der Waals surface area contributed by atoms with Crippen LogP contribution in [0.15, 0.2) is 0 Å². The first-order valence-corrected chi connectivity index (χ1v) is 5.63. The summed E-state index contributed by atoms with van der Waals surface area (Å²) in [6.07, 6.45) is 1.77. The monoisotopic (exact) mass is 175 g/mol. The molecule has 2 saturated heterocycles. The zero-order valence-electron chi connectivity index (χ0n) is 6.66. The fraction of sp³-hybridized carbons (Fsp3) is 1.00. The van der Waals surface area contributed by atoms with E-state index in [0.717, 1.165) is 25.9 Å². The van der Waals surface area contributed by atoms with Crippen molar-refractivity contribution in [1.29, 1.82) is 0 Å². The normalized spacial score (nSPS) is 42.6. The van der Waals surface area contributed by atoms with Gasteiger partial charge in [0.1, 0.15) is 0 Å². The molecule has 2 atom stereocenters. The highest BCUT2D eigenvalue weighted by Crippen LogP contribution is 2.31. The summed E-state index contributed by atoms with van der Waals surface area (Å²) >= 11 is 0. The highest BCUT2D eigenvalue weighted by Gasteiger charge is 2.45. The maximum absolute atomic E-state index is 11.5. The van der Waals surface area contributed by atoms with Gasteiger partial charge in [0.15, 0.2) is 9.84 Å². The van der Waals surface area contributed by atoms with Gasteiger partial charge in [0.05, 0.1) is 10.5 Å². The Morgan fingerprint density at radius 2 is 1.64 bits per heavy atom. The van der Waals surface area contributed by atoms with Crippen LogP contribution < -0.4 is 0 Å². The summed E-state index contributed by atoms with van der Waals surface area (Å²) in [7, 11) is -0.704. The minimum Gasteiger partial charge on any atom is -0.304 e. The molecular formula is C7H13NO2S. The number of sulfone groups is 1. The van der Waals surface area contributed by atoms with Crippen LogP contribution in [0.3, 0.4) is 0 Å². The van der Waals surface area contributed by atoms with Crippen LogP contribution in [0.4, 0.5) is 0 Å². The SMILES string of the molecule is CN1CC2CCC(C1)S2(=O)=O. The molecule has 2 heterocycles. The number of fused-ring (bicyclic) bond motifs is 2. The fourth-order valence-electron chi connectivity index (χ4n) is 2.13. The fourth-order valence-corrected chi connectivity index (χ4v) is 4.53. The molecule has 0 aromatic carbocycles. The summed E-state index contributed by atoms with van der Waals surface area (Å²) < 4.78 is 23.0. The summed E-state index contributed by atoms with van der Waals surface area (Å²) in [5.74, 6) is 0. The zero-order valence-corrected chi connectivity index (χ0v) is 7.47. The third kappa shape index (κ3) is 0.999. The van der Waals surface area contributed by atoms with Gasteiger partial charge >= 0.3 is 0 Å². The molecule has 2 aliphatic heterocycles. The Bertz CT molecular complexity index is 240.